The van der Waals surface area contributed by atoms with Gasteiger partial charge in [-0.3, -0.25) is 9.59 Å². The standard InChI is InChI=1S/C15H14Cl2N4O2S/c16-8-3-1-4-9(12(8)17)19-15-20-10(7-24-15)14(23)21-6-2-5-11(21)13(18)22/h1,3-4,7,11H,2,5-6H2,(H2,18,22)(H,19,20). The van der Waals surface area contributed by atoms with Crippen molar-refractivity contribution in [1.82, 2.24) is 9.88 Å². The molecule has 2 heterocycles. The van der Waals surface area contributed by atoms with E-state index in [0.29, 0.717) is 33.8 Å². The lowest BCUT2D eigenvalue weighted by molar-refractivity contribution is -0.121. The molecule has 1 saturated heterocycles. The number of carbonyl (C=O) groups excluding carboxylic acids is 2. The van der Waals surface area contributed by atoms with Crippen LogP contribution in [0.2, 0.25) is 10.0 Å². The second-order valence-electron chi connectivity index (χ2n) is 5.32. The van der Waals surface area contributed by atoms with E-state index in [-0.39, 0.29) is 11.6 Å². The quantitative estimate of drug-likeness (QED) is 0.846. The summed E-state index contributed by atoms with van der Waals surface area (Å²) in [6.07, 6.45) is 1.35. The van der Waals surface area contributed by atoms with Crippen LogP contribution in [0.1, 0.15) is 23.3 Å². The average Bonchev–Trinajstić information content (AvgIpc) is 3.20. The van der Waals surface area contributed by atoms with Crippen LogP contribution in [0.25, 0.3) is 0 Å². The summed E-state index contributed by atoms with van der Waals surface area (Å²) < 4.78 is 0. The molecule has 2 aromatic rings. The Morgan fingerprint density at radius 2 is 2.17 bits per heavy atom. The zero-order valence-corrected chi connectivity index (χ0v) is 14.8. The summed E-state index contributed by atoms with van der Waals surface area (Å²) in [6, 6.07) is 4.65. The maximum atomic E-state index is 12.5. The van der Waals surface area contributed by atoms with E-state index in [1.165, 1.54) is 16.2 Å². The summed E-state index contributed by atoms with van der Waals surface area (Å²) in [7, 11) is 0. The van der Waals surface area contributed by atoms with Gasteiger partial charge in [-0.15, -0.1) is 11.3 Å². The molecule has 9 heteroatoms. The molecule has 0 aliphatic carbocycles. The first kappa shape index (κ1) is 17.0. The number of nitrogens with two attached hydrogens (primary N) is 1. The number of rotatable bonds is 4. The molecule has 1 fully saturated rings. The van der Waals surface area contributed by atoms with Gasteiger partial charge in [-0.05, 0) is 25.0 Å². The number of halogens is 2. The molecule has 2 amide bonds. The van der Waals surface area contributed by atoms with Crippen LogP contribution in [-0.4, -0.2) is 34.3 Å². The van der Waals surface area contributed by atoms with Gasteiger partial charge in [0.25, 0.3) is 5.91 Å². The fraction of sp³-hybridized carbons (Fsp3) is 0.267. The van der Waals surface area contributed by atoms with Gasteiger partial charge >= 0.3 is 0 Å². The maximum Gasteiger partial charge on any atom is 0.274 e. The molecule has 1 aromatic carbocycles. The maximum absolute atomic E-state index is 12.5. The number of nitrogens with zero attached hydrogens (tertiary/aromatic N) is 2. The topological polar surface area (TPSA) is 88.3 Å². The number of amides is 2. The van der Waals surface area contributed by atoms with E-state index in [4.69, 9.17) is 28.9 Å². The lowest BCUT2D eigenvalue weighted by Gasteiger charge is -2.20. The fourth-order valence-corrected chi connectivity index (χ4v) is 3.64. The number of aromatic nitrogens is 1. The molecule has 1 aliphatic heterocycles. The minimum Gasteiger partial charge on any atom is -0.368 e. The van der Waals surface area contributed by atoms with E-state index in [2.05, 4.69) is 10.3 Å². The largest absolute Gasteiger partial charge is 0.368 e. The van der Waals surface area contributed by atoms with E-state index < -0.39 is 11.9 Å². The van der Waals surface area contributed by atoms with Crippen LogP contribution in [0.4, 0.5) is 10.8 Å². The molecule has 0 saturated carbocycles. The van der Waals surface area contributed by atoms with Gasteiger partial charge in [-0.25, -0.2) is 4.98 Å². The highest BCUT2D eigenvalue weighted by atomic mass is 35.5. The molecular weight excluding hydrogens is 371 g/mol. The number of hydrogen-bond donors (Lipinski definition) is 2. The van der Waals surface area contributed by atoms with Crippen LogP contribution in [0.3, 0.4) is 0 Å². The summed E-state index contributed by atoms with van der Waals surface area (Å²) in [5, 5.41) is 6.00. The van der Waals surface area contributed by atoms with E-state index in [1.807, 2.05) is 0 Å². The third-order valence-corrected chi connectivity index (χ3v) is 5.34. The molecule has 0 spiro atoms. The van der Waals surface area contributed by atoms with Crippen molar-refractivity contribution in [2.24, 2.45) is 5.73 Å². The van der Waals surface area contributed by atoms with E-state index in [9.17, 15) is 9.59 Å². The molecule has 0 bridgehead atoms. The summed E-state index contributed by atoms with van der Waals surface area (Å²) in [5.41, 5.74) is 6.23. The van der Waals surface area contributed by atoms with Crippen molar-refractivity contribution in [3.8, 4) is 0 Å². The van der Waals surface area contributed by atoms with Gasteiger partial charge in [0, 0.05) is 11.9 Å². The first-order chi connectivity index (χ1) is 11.5. The van der Waals surface area contributed by atoms with Crippen molar-refractivity contribution in [2.45, 2.75) is 18.9 Å². The minimum absolute atomic E-state index is 0.272. The molecular formula is C15H14Cl2N4O2S. The van der Waals surface area contributed by atoms with E-state index in [0.717, 1.165) is 6.42 Å². The predicted molar refractivity (Wildman–Crippen MR) is 95.1 cm³/mol. The zero-order chi connectivity index (χ0) is 17.3. The summed E-state index contributed by atoms with van der Waals surface area (Å²) >= 11 is 13.4. The van der Waals surface area contributed by atoms with Crippen molar-refractivity contribution >= 4 is 57.2 Å². The first-order valence-corrected chi connectivity index (χ1v) is 8.88. The van der Waals surface area contributed by atoms with Gasteiger partial charge in [-0.1, -0.05) is 29.3 Å². The molecule has 1 atom stereocenters. The average molecular weight is 385 g/mol. The fourth-order valence-electron chi connectivity index (χ4n) is 2.60. The van der Waals surface area contributed by atoms with Crippen LogP contribution in [-0.2, 0) is 4.79 Å². The number of benzene rings is 1. The van der Waals surface area contributed by atoms with Crippen molar-refractivity contribution in [2.75, 3.05) is 11.9 Å². The van der Waals surface area contributed by atoms with E-state index in [1.54, 1.807) is 23.6 Å². The van der Waals surface area contributed by atoms with Gasteiger partial charge < -0.3 is 16.0 Å². The lowest BCUT2D eigenvalue weighted by atomic mass is 10.2. The predicted octanol–water partition coefficient (Wildman–Crippen LogP) is 3.28. The Kier molecular flexibility index (Phi) is 4.93. The Morgan fingerprint density at radius 1 is 1.38 bits per heavy atom. The minimum atomic E-state index is -0.557. The monoisotopic (exact) mass is 384 g/mol. The van der Waals surface area contributed by atoms with E-state index >= 15 is 0 Å². The highest BCUT2D eigenvalue weighted by Crippen LogP contribution is 2.32. The van der Waals surface area contributed by atoms with Crippen molar-refractivity contribution in [3.05, 3.63) is 39.3 Å². The molecule has 24 heavy (non-hydrogen) atoms. The Labute approximate surface area is 152 Å². The zero-order valence-electron chi connectivity index (χ0n) is 12.5. The van der Waals surface area contributed by atoms with Crippen molar-refractivity contribution in [1.29, 1.82) is 0 Å². The molecule has 3 rings (SSSR count). The third-order valence-electron chi connectivity index (χ3n) is 3.76. The van der Waals surface area contributed by atoms with Gasteiger partial charge in [0.1, 0.15) is 11.7 Å². The second-order valence-corrected chi connectivity index (χ2v) is 6.97. The van der Waals surface area contributed by atoms with Gasteiger partial charge in [0.05, 0.1) is 15.7 Å². The van der Waals surface area contributed by atoms with Crippen LogP contribution in [0.5, 0.6) is 0 Å². The molecule has 0 radical (unpaired) electrons. The van der Waals surface area contributed by atoms with Crippen LogP contribution in [0.15, 0.2) is 23.6 Å². The third kappa shape index (κ3) is 3.33. The number of likely N-dealkylation sites (tertiary alicyclic amines) is 1. The van der Waals surface area contributed by atoms with Crippen LogP contribution in [0, 0.1) is 0 Å². The number of anilines is 2. The Bertz CT molecular complexity index is 796. The SMILES string of the molecule is NC(=O)C1CCCN1C(=O)c1csc(Nc2cccc(Cl)c2Cl)n1. The molecule has 1 aromatic heterocycles. The van der Waals surface area contributed by atoms with Crippen molar-refractivity contribution in [3.63, 3.8) is 0 Å². The molecule has 3 N–H and O–H groups in total. The van der Waals surface area contributed by atoms with Gasteiger partial charge in [0.2, 0.25) is 5.91 Å². The van der Waals surface area contributed by atoms with Gasteiger partial charge in [-0.2, -0.15) is 0 Å². The normalized spacial score (nSPS) is 17.1. The highest BCUT2D eigenvalue weighted by molar-refractivity contribution is 7.14. The smallest absolute Gasteiger partial charge is 0.274 e. The first-order valence-electron chi connectivity index (χ1n) is 7.24. The molecule has 126 valence electrons. The number of hydrogen-bond acceptors (Lipinski definition) is 5. The number of carbonyl (C=O) groups is 2. The summed E-state index contributed by atoms with van der Waals surface area (Å²) in [6.45, 7) is 0.507. The lowest BCUT2D eigenvalue weighted by Crippen LogP contribution is -2.43. The Hall–Kier alpha value is -1.83. The van der Waals surface area contributed by atoms with Crippen LogP contribution < -0.4 is 11.1 Å². The molecule has 1 unspecified atom stereocenters. The Balaban J connectivity index is 1.77. The highest BCUT2D eigenvalue weighted by Gasteiger charge is 2.34. The number of nitrogens with one attached hydrogen (secondary N) is 1. The number of thiazole rings is 1. The van der Waals surface area contributed by atoms with Gasteiger partial charge in [0.15, 0.2) is 5.13 Å². The molecule has 6 nitrogen and oxygen atoms in total. The number of primary amides is 1. The summed E-state index contributed by atoms with van der Waals surface area (Å²) in [4.78, 5) is 29.7. The summed E-state index contributed by atoms with van der Waals surface area (Å²) in [5.74, 6) is -0.780. The molecule has 1 aliphatic rings. The van der Waals surface area contributed by atoms with Crippen LogP contribution >= 0.6 is 34.5 Å². The second kappa shape index (κ2) is 6.96. The Morgan fingerprint density at radius 3 is 2.92 bits per heavy atom. The van der Waals surface area contributed by atoms with Crippen molar-refractivity contribution < 1.29 is 9.59 Å².